The lowest BCUT2D eigenvalue weighted by Gasteiger charge is -2.18. The highest BCUT2D eigenvalue weighted by Crippen LogP contribution is 2.30. The maximum atomic E-state index is 11.7. The quantitative estimate of drug-likeness (QED) is 0.699. The van der Waals surface area contributed by atoms with Crippen LogP contribution in [0, 0.1) is 0 Å². The van der Waals surface area contributed by atoms with Crippen LogP contribution < -0.4 is 5.32 Å². The van der Waals surface area contributed by atoms with Gasteiger partial charge in [0.2, 0.25) is 0 Å². The smallest absolute Gasteiger partial charge is 0.337 e. The monoisotopic (exact) mass is 317 g/mol. The van der Waals surface area contributed by atoms with Crippen molar-refractivity contribution in [3.8, 4) is 11.1 Å². The first-order chi connectivity index (χ1) is 11.7. The van der Waals surface area contributed by atoms with Crippen LogP contribution in [-0.2, 0) is 11.2 Å². The maximum absolute atomic E-state index is 11.7. The van der Waals surface area contributed by atoms with E-state index in [-0.39, 0.29) is 5.97 Å². The Labute approximate surface area is 141 Å². The molecule has 3 heteroatoms. The van der Waals surface area contributed by atoms with Gasteiger partial charge in [0.05, 0.1) is 12.7 Å². The van der Waals surface area contributed by atoms with Crippen molar-refractivity contribution in [2.45, 2.75) is 12.8 Å². The van der Waals surface area contributed by atoms with Gasteiger partial charge in [0.25, 0.3) is 0 Å². The molecule has 1 aliphatic rings. The summed E-state index contributed by atoms with van der Waals surface area (Å²) in [5, 5.41) is 5.61. The van der Waals surface area contributed by atoms with E-state index in [0.29, 0.717) is 5.56 Å². The standard InChI is InChI=1S/C21H19NO2/c1-24-21(23)19-7-6-15-11-14(4-5-16(15)13-19)17-8-9-20-18(12-17)3-2-10-22-20/h4-9,11-13,22H,2-3,10H2,1H3. The van der Waals surface area contributed by atoms with Crippen LogP contribution in [0.25, 0.3) is 21.9 Å². The van der Waals surface area contributed by atoms with E-state index < -0.39 is 0 Å². The molecule has 3 aromatic carbocycles. The van der Waals surface area contributed by atoms with Crippen LogP contribution in [0.3, 0.4) is 0 Å². The highest BCUT2D eigenvalue weighted by molar-refractivity contribution is 5.96. The van der Waals surface area contributed by atoms with Gasteiger partial charge in [-0.15, -0.1) is 0 Å². The molecule has 3 aromatic rings. The zero-order valence-electron chi connectivity index (χ0n) is 13.6. The molecule has 120 valence electrons. The van der Waals surface area contributed by atoms with Crippen molar-refractivity contribution in [1.29, 1.82) is 0 Å². The first kappa shape index (κ1) is 14.8. The van der Waals surface area contributed by atoms with Crippen LogP contribution in [0.5, 0.6) is 0 Å². The number of carbonyl (C=O) groups excluding carboxylic acids is 1. The average Bonchev–Trinajstić information content (AvgIpc) is 2.66. The number of carbonyl (C=O) groups is 1. The Hall–Kier alpha value is -2.81. The molecule has 1 heterocycles. The van der Waals surface area contributed by atoms with Gasteiger partial charge in [0.1, 0.15) is 0 Å². The fraction of sp³-hybridized carbons (Fsp3) is 0.190. The van der Waals surface area contributed by atoms with E-state index in [1.807, 2.05) is 18.2 Å². The van der Waals surface area contributed by atoms with Gasteiger partial charge >= 0.3 is 5.97 Å². The number of methoxy groups -OCH3 is 1. The fourth-order valence-electron chi connectivity index (χ4n) is 3.32. The maximum Gasteiger partial charge on any atom is 0.337 e. The topological polar surface area (TPSA) is 38.3 Å². The molecule has 1 aliphatic heterocycles. The number of ether oxygens (including phenoxy) is 1. The Kier molecular flexibility index (Phi) is 3.69. The summed E-state index contributed by atoms with van der Waals surface area (Å²) in [7, 11) is 1.40. The predicted octanol–water partition coefficient (Wildman–Crippen LogP) is 4.65. The van der Waals surface area contributed by atoms with E-state index in [0.717, 1.165) is 23.7 Å². The Bertz CT molecular complexity index is 930. The summed E-state index contributed by atoms with van der Waals surface area (Å²) >= 11 is 0. The number of rotatable bonds is 2. The van der Waals surface area contributed by atoms with Crippen LogP contribution in [0.4, 0.5) is 5.69 Å². The van der Waals surface area contributed by atoms with Crippen LogP contribution in [-0.4, -0.2) is 19.6 Å². The molecule has 1 N–H and O–H groups in total. The van der Waals surface area contributed by atoms with Crippen molar-refractivity contribution in [1.82, 2.24) is 0 Å². The first-order valence-electron chi connectivity index (χ1n) is 8.24. The normalized spacial score (nSPS) is 13.2. The van der Waals surface area contributed by atoms with Crippen LogP contribution >= 0.6 is 0 Å². The molecule has 24 heavy (non-hydrogen) atoms. The molecule has 0 atom stereocenters. The molecule has 0 unspecified atom stereocenters. The van der Waals surface area contributed by atoms with Crippen LogP contribution in [0.2, 0.25) is 0 Å². The molecule has 0 aliphatic carbocycles. The molecular formula is C21H19NO2. The molecule has 0 bridgehead atoms. The van der Waals surface area contributed by atoms with Gasteiger partial charge in [-0.3, -0.25) is 0 Å². The summed E-state index contributed by atoms with van der Waals surface area (Å²) in [6, 6.07) is 18.6. The second-order valence-corrected chi connectivity index (χ2v) is 6.17. The average molecular weight is 317 g/mol. The molecule has 0 radical (unpaired) electrons. The summed E-state index contributed by atoms with van der Waals surface area (Å²) in [6.07, 6.45) is 2.32. The molecule has 0 aromatic heterocycles. The van der Waals surface area contributed by atoms with Gasteiger partial charge in [-0.2, -0.15) is 0 Å². The number of aryl methyl sites for hydroxylation is 1. The number of nitrogens with one attached hydrogen (secondary N) is 1. The van der Waals surface area contributed by atoms with E-state index in [9.17, 15) is 4.79 Å². The predicted molar refractivity (Wildman–Crippen MR) is 97.5 cm³/mol. The van der Waals surface area contributed by atoms with Gasteiger partial charge in [-0.05, 0) is 70.6 Å². The highest BCUT2D eigenvalue weighted by Gasteiger charge is 2.10. The van der Waals surface area contributed by atoms with E-state index in [4.69, 9.17) is 4.74 Å². The van der Waals surface area contributed by atoms with Crippen LogP contribution in [0.1, 0.15) is 22.3 Å². The molecule has 4 rings (SSSR count). The third-order valence-corrected chi connectivity index (χ3v) is 4.64. The molecule has 0 amide bonds. The summed E-state index contributed by atoms with van der Waals surface area (Å²) < 4.78 is 4.79. The number of fused-ring (bicyclic) bond motifs is 2. The van der Waals surface area contributed by atoms with E-state index in [1.54, 1.807) is 0 Å². The van der Waals surface area contributed by atoms with Crippen molar-refractivity contribution in [2.75, 3.05) is 19.0 Å². The number of esters is 1. The largest absolute Gasteiger partial charge is 0.465 e. The van der Waals surface area contributed by atoms with Crippen molar-refractivity contribution in [3.63, 3.8) is 0 Å². The molecule has 0 spiro atoms. The highest BCUT2D eigenvalue weighted by atomic mass is 16.5. The fourth-order valence-corrected chi connectivity index (χ4v) is 3.32. The van der Waals surface area contributed by atoms with Crippen molar-refractivity contribution in [2.24, 2.45) is 0 Å². The SMILES string of the molecule is COC(=O)c1ccc2cc(-c3ccc4c(c3)CCCN4)ccc2c1. The number of benzene rings is 3. The number of hydrogen-bond acceptors (Lipinski definition) is 3. The van der Waals surface area contributed by atoms with Crippen LogP contribution in [0.15, 0.2) is 54.6 Å². The van der Waals surface area contributed by atoms with Crippen molar-refractivity contribution >= 4 is 22.4 Å². The van der Waals surface area contributed by atoms with Gasteiger partial charge < -0.3 is 10.1 Å². The Morgan fingerprint density at radius 3 is 2.58 bits per heavy atom. The van der Waals surface area contributed by atoms with Gasteiger partial charge in [0.15, 0.2) is 0 Å². The molecule has 0 fully saturated rings. The summed E-state index contributed by atoms with van der Waals surface area (Å²) in [5.74, 6) is -0.303. The zero-order valence-corrected chi connectivity index (χ0v) is 13.6. The third kappa shape index (κ3) is 2.62. The molecule has 0 saturated heterocycles. The molecule has 0 saturated carbocycles. The second kappa shape index (κ2) is 6.00. The summed E-state index contributed by atoms with van der Waals surface area (Å²) in [4.78, 5) is 11.7. The lowest BCUT2D eigenvalue weighted by atomic mass is 9.95. The molecular weight excluding hydrogens is 298 g/mol. The lowest BCUT2D eigenvalue weighted by molar-refractivity contribution is 0.0601. The Morgan fingerprint density at radius 2 is 1.71 bits per heavy atom. The summed E-state index contributed by atoms with van der Waals surface area (Å²) in [6.45, 7) is 1.06. The summed E-state index contributed by atoms with van der Waals surface area (Å²) in [5.41, 5.74) is 5.66. The minimum atomic E-state index is -0.303. The molecule has 3 nitrogen and oxygen atoms in total. The van der Waals surface area contributed by atoms with Crippen molar-refractivity contribution in [3.05, 3.63) is 65.7 Å². The van der Waals surface area contributed by atoms with Gasteiger partial charge in [0, 0.05) is 12.2 Å². The third-order valence-electron chi connectivity index (χ3n) is 4.64. The van der Waals surface area contributed by atoms with Gasteiger partial charge in [-0.1, -0.05) is 24.3 Å². The van der Waals surface area contributed by atoms with Crippen molar-refractivity contribution < 1.29 is 9.53 Å². The second-order valence-electron chi connectivity index (χ2n) is 6.17. The number of hydrogen-bond donors (Lipinski definition) is 1. The van der Waals surface area contributed by atoms with E-state index in [2.05, 4.69) is 41.7 Å². The zero-order chi connectivity index (χ0) is 16.5. The van der Waals surface area contributed by atoms with E-state index >= 15 is 0 Å². The Morgan fingerprint density at radius 1 is 0.958 bits per heavy atom. The first-order valence-corrected chi connectivity index (χ1v) is 8.24. The van der Waals surface area contributed by atoms with Gasteiger partial charge in [-0.25, -0.2) is 4.79 Å². The Balaban J connectivity index is 1.74. The van der Waals surface area contributed by atoms with E-state index in [1.165, 1.54) is 35.9 Å². The lowest BCUT2D eigenvalue weighted by Crippen LogP contribution is -2.11. The minimum Gasteiger partial charge on any atom is -0.465 e. The minimum absolute atomic E-state index is 0.303. The number of anilines is 1.